The topological polar surface area (TPSA) is 66.6 Å². The minimum Gasteiger partial charge on any atom is -0.393 e. The van der Waals surface area contributed by atoms with E-state index in [1.165, 1.54) is 11.3 Å². The van der Waals surface area contributed by atoms with Crippen LogP contribution in [0.25, 0.3) is 0 Å². The van der Waals surface area contributed by atoms with E-state index in [0.717, 1.165) is 11.3 Å². The molecule has 0 aromatic carbocycles. The van der Waals surface area contributed by atoms with Crippen LogP contribution in [0.1, 0.15) is 29.4 Å². The maximum Gasteiger partial charge on any atom is 0.263 e. The molecule has 3 atom stereocenters. The van der Waals surface area contributed by atoms with Gasteiger partial charge in [0.25, 0.3) is 5.91 Å². The second kappa shape index (κ2) is 5.82. The number of carbonyl (C=O) groups is 1. The molecule has 0 saturated carbocycles. The molecule has 1 aliphatic heterocycles. The van der Waals surface area contributed by atoms with Crippen molar-refractivity contribution in [3.8, 4) is 0 Å². The number of aliphatic hydroxyl groups excluding tert-OH is 1. The number of amides is 1. The number of rotatable bonds is 3. The average molecular weight is 268 g/mol. The van der Waals surface area contributed by atoms with Crippen molar-refractivity contribution in [2.75, 3.05) is 13.1 Å². The van der Waals surface area contributed by atoms with E-state index in [2.05, 4.69) is 0 Å². The second-order valence-electron chi connectivity index (χ2n) is 4.92. The molecule has 0 aliphatic carbocycles. The van der Waals surface area contributed by atoms with Gasteiger partial charge in [0, 0.05) is 25.0 Å². The fourth-order valence-corrected chi connectivity index (χ4v) is 3.20. The van der Waals surface area contributed by atoms with Crippen LogP contribution < -0.4 is 5.73 Å². The first kappa shape index (κ1) is 13.5. The Balaban J connectivity index is 2.06. The number of hydrogen-bond acceptors (Lipinski definition) is 4. The van der Waals surface area contributed by atoms with Crippen LogP contribution >= 0.6 is 11.3 Å². The van der Waals surface area contributed by atoms with Crippen LogP contribution in [-0.2, 0) is 0 Å². The van der Waals surface area contributed by atoms with Crippen LogP contribution in [0.15, 0.2) is 17.5 Å². The third-order valence-corrected chi connectivity index (χ3v) is 4.35. The van der Waals surface area contributed by atoms with Crippen molar-refractivity contribution in [2.24, 2.45) is 11.7 Å². The van der Waals surface area contributed by atoms with E-state index < -0.39 is 0 Å². The Morgan fingerprint density at radius 3 is 3.06 bits per heavy atom. The molecule has 3 N–H and O–H groups in total. The van der Waals surface area contributed by atoms with Gasteiger partial charge in [-0.15, -0.1) is 11.3 Å². The SMILES string of the molecule is CCC(O)C1CC(N)CN(C(=O)c2cccs2)C1. The van der Waals surface area contributed by atoms with Crippen molar-refractivity contribution in [3.05, 3.63) is 22.4 Å². The van der Waals surface area contributed by atoms with Gasteiger partial charge in [-0.05, 0) is 24.3 Å². The van der Waals surface area contributed by atoms with E-state index >= 15 is 0 Å². The molecule has 0 radical (unpaired) electrons. The van der Waals surface area contributed by atoms with Crippen molar-refractivity contribution < 1.29 is 9.90 Å². The second-order valence-corrected chi connectivity index (χ2v) is 5.87. The summed E-state index contributed by atoms with van der Waals surface area (Å²) >= 11 is 1.45. The Hall–Kier alpha value is -0.910. The van der Waals surface area contributed by atoms with E-state index in [1.807, 2.05) is 24.4 Å². The molecule has 4 nitrogen and oxygen atoms in total. The maximum absolute atomic E-state index is 12.3. The zero-order chi connectivity index (χ0) is 13.1. The highest BCUT2D eigenvalue weighted by Gasteiger charge is 2.32. The zero-order valence-corrected chi connectivity index (χ0v) is 11.4. The Morgan fingerprint density at radius 2 is 2.44 bits per heavy atom. The lowest BCUT2D eigenvalue weighted by Gasteiger charge is -2.38. The van der Waals surface area contributed by atoms with Crippen LogP contribution in [0, 0.1) is 5.92 Å². The van der Waals surface area contributed by atoms with Crippen LogP contribution in [0.2, 0.25) is 0 Å². The summed E-state index contributed by atoms with van der Waals surface area (Å²) in [5, 5.41) is 11.8. The third kappa shape index (κ3) is 2.91. The predicted octanol–water partition coefficient (Wildman–Crippen LogP) is 1.31. The zero-order valence-electron chi connectivity index (χ0n) is 10.6. The largest absolute Gasteiger partial charge is 0.393 e. The number of nitrogens with zero attached hydrogens (tertiary/aromatic N) is 1. The van der Waals surface area contributed by atoms with Crippen molar-refractivity contribution in [2.45, 2.75) is 31.9 Å². The minimum atomic E-state index is -0.366. The van der Waals surface area contributed by atoms with Gasteiger partial charge in [0.1, 0.15) is 0 Å². The molecule has 1 saturated heterocycles. The summed E-state index contributed by atoms with van der Waals surface area (Å²) in [6.45, 7) is 3.15. The lowest BCUT2D eigenvalue weighted by molar-refractivity contribution is 0.0347. The van der Waals surface area contributed by atoms with Gasteiger partial charge < -0.3 is 15.7 Å². The summed E-state index contributed by atoms with van der Waals surface area (Å²) in [6, 6.07) is 3.67. The third-order valence-electron chi connectivity index (χ3n) is 3.50. The molecule has 1 aromatic rings. The summed E-state index contributed by atoms with van der Waals surface area (Å²) in [6.07, 6.45) is 1.14. The molecule has 1 fully saturated rings. The molecular weight excluding hydrogens is 248 g/mol. The van der Waals surface area contributed by atoms with Crippen molar-refractivity contribution in [1.29, 1.82) is 0 Å². The number of piperidine rings is 1. The molecule has 18 heavy (non-hydrogen) atoms. The fraction of sp³-hybridized carbons (Fsp3) is 0.615. The van der Waals surface area contributed by atoms with E-state index in [9.17, 15) is 9.90 Å². The lowest BCUT2D eigenvalue weighted by atomic mass is 9.88. The highest BCUT2D eigenvalue weighted by molar-refractivity contribution is 7.12. The first-order valence-electron chi connectivity index (χ1n) is 6.38. The normalized spacial score (nSPS) is 26.1. The molecule has 2 rings (SSSR count). The van der Waals surface area contributed by atoms with Gasteiger partial charge in [0.05, 0.1) is 11.0 Å². The predicted molar refractivity (Wildman–Crippen MR) is 72.6 cm³/mol. The molecule has 2 heterocycles. The van der Waals surface area contributed by atoms with Crippen LogP contribution in [0.4, 0.5) is 0 Å². The first-order chi connectivity index (χ1) is 8.61. The standard InChI is InChI=1S/C13H20N2O2S/c1-2-11(16)9-6-10(14)8-15(7-9)13(17)12-4-3-5-18-12/h3-5,9-11,16H,2,6-8,14H2,1H3. The van der Waals surface area contributed by atoms with E-state index in [1.54, 1.807) is 4.90 Å². The summed E-state index contributed by atoms with van der Waals surface area (Å²) < 4.78 is 0. The quantitative estimate of drug-likeness (QED) is 0.868. The van der Waals surface area contributed by atoms with E-state index in [-0.39, 0.29) is 24.0 Å². The lowest BCUT2D eigenvalue weighted by Crippen LogP contribution is -2.51. The van der Waals surface area contributed by atoms with Gasteiger partial charge in [-0.25, -0.2) is 0 Å². The van der Waals surface area contributed by atoms with Gasteiger partial charge >= 0.3 is 0 Å². The Morgan fingerprint density at radius 1 is 1.67 bits per heavy atom. The molecule has 100 valence electrons. The number of aliphatic hydroxyl groups is 1. The van der Waals surface area contributed by atoms with Crippen LogP contribution in [0.3, 0.4) is 0 Å². The van der Waals surface area contributed by atoms with E-state index in [4.69, 9.17) is 5.73 Å². The molecule has 0 bridgehead atoms. The average Bonchev–Trinajstić information content (AvgIpc) is 2.90. The number of likely N-dealkylation sites (tertiary alicyclic amines) is 1. The highest BCUT2D eigenvalue weighted by atomic mass is 32.1. The smallest absolute Gasteiger partial charge is 0.263 e. The molecular formula is C13H20N2O2S. The Labute approximate surface area is 111 Å². The van der Waals surface area contributed by atoms with E-state index in [0.29, 0.717) is 19.5 Å². The Kier molecular flexibility index (Phi) is 4.37. The number of carbonyl (C=O) groups excluding carboxylic acids is 1. The fourth-order valence-electron chi connectivity index (χ4n) is 2.51. The van der Waals surface area contributed by atoms with Gasteiger partial charge in [0.15, 0.2) is 0 Å². The Bertz CT molecular complexity index is 394. The molecule has 1 aromatic heterocycles. The van der Waals surface area contributed by atoms with Gasteiger partial charge in [-0.1, -0.05) is 13.0 Å². The van der Waals surface area contributed by atoms with Gasteiger partial charge in [-0.2, -0.15) is 0 Å². The molecule has 3 unspecified atom stereocenters. The van der Waals surface area contributed by atoms with Crippen molar-refractivity contribution >= 4 is 17.2 Å². The summed E-state index contributed by atoms with van der Waals surface area (Å²) in [5.41, 5.74) is 6.00. The molecule has 0 spiro atoms. The number of nitrogens with two attached hydrogens (primary N) is 1. The number of thiophene rings is 1. The first-order valence-corrected chi connectivity index (χ1v) is 7.26. The summed E-state index contributed by atoms with van der Waals surface area (Å²) in [7, 11) is 0. The van der Waals surface area contributed by atoms with Crippen molar-refractivity contribution in [3.63, 3.8) is 0 Å². The number of hydrogen-bond donors (Lipinski definition) is 2. The monoisotopic (exact) mass is 268 g/mol. The van der Waals surface area contributed by atoms with Crippen molar-refractivity contribution in [1.82, 2.24) is 4.90 Å². The molecule has 1 amide bonds. The van der Waals surface area contributed by atoms with Gasteiger partial charge in [-0.3, -0.25) is 4.79 Å². The minimum absolute atomic E-state index is 0.0335. The summed E-state index contributed by atoms with van der Waals surface area (Å²) in [5.74, 6) is 0.135. The van der Waals surface area contributed by atoms with Crippen LogP contribution in [0.5, 0.6) is 0 Å². The summed E-state index contributed by atoms with van der Waals surface area (Å²) in [4.78, 5) is 14.8. The maximum atomic E-state index is 12.3. The van der Waals surface area contributed by atoms with Crippen LogP contribution in [-0.4, -0.2) is 41.1 Å². The molecule has 5 heteroatoms. The van der Waals surface area contributed by atoms with Gasteiger partial charge in [0.2, 0.25) is 0 Å². The molecule has 1 aliphatic rings. The highest BCUT2D eigenvalue weighted by Crippen LogP contribution is 2.23.